The summed E-state index contributed by atoms with van der Waals surface area (Å²) in [6.45, 7) is 2.39. The van der Waals surface area contributed by atoms with Crippen LogP contribution in [0.25, 0.3) is 21.8 Å². The molecule has 36 heavy (non-hydrogen) atoms. The van der Waals surface area contributed by atoms with Crippen molar-refractivity contribution >= 4 is 39.1 Å². The third kappa shape index (κ3) is 4.79. The Morgan fingerprint density at radius 3 is 2.92 bits per heavy atom. The number of ether oxygens (including phenoxy) is 1. The van der Waals surface area contributed by atoms with Crippen LogP contribution >= 0.6 is 0 Å². The highest BCUT2D eigenvalue weighted by atomic mass is 19.1. The maximum absolute atomic E-state index is 14.5. The number of carbonyl (C=O) groups is 1. The fourth-order valence-electron chi connectivity index (χ4n) is 4.43. The van der Waals surface area contributed by atoms with Gasteiger partial charge in [0.2, 0.25) is 0 Å². The van der Waals surface area contributed by atoms with Crippen LogP contribution < -0.4 is 21.1 Å². The third-order valence-corrected chi connectivity index (χ3v) is 6.20. The SMILES string of the molecule is C[C@H](N)CNc1ccc(C(=O)Nc2cc(F)c3nn(C)cc3c2)c2nc(O[C@H]3CCC[C@H]3O)ncc12. The van der Waals surface area contributed by atoms with Crippen molar-refractivity contribution in [2.24, 2.45) is 12.8 Å². The molecule has 4 aromatic rings. The second-order valence-electron chi connectivity index (χ2n) is 9.24. The molecule has 10 nitrogen and oxygen atoms in total. The number of benzene rings is 2. The number of hydrogen-bond acceptors (Lipinski definition) is 8. The number of fused-ring (bicyclic) bond motifs is 2. The van der Waals surface area contributed by atoms with Gasteiger partial charge in [0, 0.05) is 54.2 Å². The smallest absolute Gasteiger partial charge is 0.317 e. The highest BCUT2D eigenvalue weighted by molar-refractivity contribution is 6.14. The lowest BCUT2D eigenvalue weighted by molar-refractivity contribution is 0.0544. The molecule has 0 radical (unpaired) electrons. The van der Waals surface area contributed by atoms with Gasteiger partial charge in [-0.1, -0.05) is 0 Å². The van der Waals surface area contributed by atoms with Crippen LogP contribution in [-0.2, 0) is 7.05 Å². The summed E-state index contributed by atoms with van der Waals surface area (Å²) in [6.07, 6.45) is 4.51. The van der Waals surface area contributed by atoms with E-state index in [9.17, 15) is 14.3 Å². The minimum Gasteiger partial charge on any atom is -0.457 e. The van der Waals surface area contributed by atoms with Gasteiger partial charge >= 0.3 is 6.01 Å². The van der Waals surface area contributed by atoms with Gasteiger partial charge < -0.3 is 26.2 Å². The first-order valence-corrected chi connectivity index (χ1v) is 11.9. The highest BCUT2D eigenvalue weighted by Crippen LogP contribution is 2.29. The molecule has 1 aliphatic carbocycles. The van der Waals surface area contributed by atoms with Crippen LogP contribution in [0, 0.1) is 5.82 Å². The Morgan fingerprint density at radius 1 is 1.33 bits per heavy atom. The summed E-state index contributed by atoms with van der Waals surface area (Å²) in [7, 11) is 1.70. The largest absolute Gasteiger partial charge is 0.457 e. The molecule has 1 aliphatic rings. The summed E-state index contributed by atoms with van der Waals surface area (Å²) in [5.74, 6) is -0.997. The molecule has 1 fully saturated rings. The number of rotatable bonds is 7. The van der Waals surface area contributed by atoms with Gasteiger partial charge in [-0.15, -0.1) is 0 Å². The zero-order chi connectivity index (χ0) is 25.4. The minimum atomic E-state index is -0.580. The van der Waals surface area contributed by atoms with E-state index in [1.54, 1.807) is 37.6 Å². The van der Waals surface area contributed by atoms with Crippen molar-refractivity contribution in [2.45, 2.75) is 44.4 Å². The molecule has 5 N–H and O–H groups in total. The van der Waals surface area contributed by atoms with Gasteiger partial charge in [-0.05, 0) is 50.5 Å². The van der Waals surface area contributed by atoms with Crippen LogP contribution in [0.1, 0.15) is 36.5 Å². The quantitative estimate of drug-likeness (QED) is 0.308. The number of carbonyl (C=O) groups excluding carboxylic acids is 1. The molecule has 1 saturated carbocycles. The van der Waals surface area contributed by atoms with E-state index in [2.05, 4.69) is 25.7 Å². The number of nitrogens with zero attached hydrogens (tertiary/aromatic N) is 4. The number of aliphatic hydroxyl groups excluding tert-OH is 1. The van der Waals surface area contributed by atoms with Crippen molar-refractivity contribution in [3.63, 3.8) is 0 Å². The molecule has 1 amide bonds. The van der Waals surface area contributed by atoms with Gasteiger partial charge in [0.25, 0.3) is 5.91 Å². The third-order valence-electron chi connectivity index (χ3n) is 6.20. The first kappa shape index (κ1) is 23.9. The van der Waals surface area contributed by atoms with E-state index in [-0.39, 0.29) is 23.1 Å². The Bertz CT molecular complexity index is 1440. The lowest BCUT2D eigenvalue weighted by atomic mass is 10.1. The summed E-state index contributed by atoms with van der Waals surface area (Å²) in [4.78, 5) is 22.2. The second kappa shape index (κ2) is 9.67. The van der Waals surface area contributed by atoms with Crippen LogP contribution in [0.15, 0.2) is 36.7 Å². The molecule has 188 valence electrons. The highest BCUT2D eigenvalue weighted by Gasteiger charge is 2.28. The number of hydrogen-bond donors (Lipinski definition) is 4. The van der Waals surface area contributed by atoms with E-state index in [1.165, 1.54) is 10.7 Å². The Kier molecular flexibility index (Phi) is 6.42. The number of amides is 1. The molecule has 2 aromatic heterocycles. The number of nitrogens with one attached hydrogen (secondary N) is 2. The van der Waals surface area contributed by atoms with Crippen molar-refractivity contribution in [1.29, 1.82) is 0 Å². The normalized spacial score (nSPS) is 18.5. The van der Waals surface area contributed by atoms with E-state index in [0.717, 1.165) is 6.42 Å². The Balaban J connectivity index is 1.50. The van der Waals surface area contributed by atoms with Gasteiger partial charge in [-0.3, -0.25) is 9.48 Å². The van der Waals surface area contributed by atoms with E-state index in [0.29, 0.717) is 47.1 Å². The molecule has 0 bridgehead atoms. The van der Waals surface area contributed by atoms with Crippen molar-refractivity contribution in [2.75, 3.05) is 17.2 Å². The molecule has 5 rings (SSSR count). The molecular weight excluding hydrogens is 465 g/mol. The Morgan fingerprint density at radius 2 is 2.17 bits per heavy atom. The molecule has 11 heteroatoms. The van der Waals surface area contributed by atoms with Crippen LogP contribution in [0.2, 0.25) is 0 Å². The predicted octanol–water partition coefficient (Wildman–Crippen LogP) is 2.96. The van der Waals surface area contributed by atoms with E-state index < -0.39 is 23.9 Å². The zero-order valence-corrected chi connectivity index (χ0v) is 20.0. The molecular formula is C25H28FN7O3. The average molecular weight is 494 g/mol. The number of aliphatic hydroxyl groups is 1. The van der Waals surface area contributed by atoms with Crippen LogP contribution in [0.3, 0.4) is 0 Å². The summed E-state index contributed by atoms with van der Waals surface area (Å²) in [6, 6.07) is 6.28. The second-order valence-corrected chi connectivity index (χ2v) is 9.24. The first-order valence-electron chi connectivity index (χ1n) is 11.9. The Labute approximate surface area is 206 Å². The predicted molar refractivity (Wildman–Crippen MR) is 135 cm³/mol. The van der Waals surface area contributed by atoms with Gasteiger partial charge in [-0.2, -0.15) is 10.1 Å². The fourth-order valence-corrected chi connectivity index (χ4v) is 4.43. The van der Waals surface area contributed by atoms with Crippen LogP contribution in [0.4, 0.5) is 15.8 Å². The van der Waals surface area contributed by atoms with Crippen molar-refractivity contribution in [3.8, 4) is 6.01 Å². The van der Waals surface area contributed by atoms with E-state index >= 15 is 0 Å². The van der Waals surface area contributed by atoms with E-state index in [1.807, 2.05) is 6.92 Å². The van der Waals surface area contributed by atoms with Crippen LogP contribution in [0.5, 0.6) is 6.01 Å². The number of aryl methyl sites for hydroxylation is 1. The van der Waals surface area contributed by atoms with Crippen molar-refractivity contribution < 1.29 is 19.0 Å². The summed E-state index contributed by atoms with van der Waals surface area (Å²) >= 11 is 0. The van der Waals surface area contributed by atoms with Crippen LogP contribution in [-0.4, -0.2) is 55.6 Å². The number of nitrogens with two attached hydrogens (primary N) is 1. The standard InChI is InChI=1S/C25H28FN7O3/c1-13(27)10-28-19-7-6-16(23-17(19)11-29-25(31-23)36-21-5-3-4-20(21)34)24(35)30-15-8-14-12-33(2)32-22(14)18(26)9-15/h6-9,11-13,20-21,28,34H,3-5,10,27H2,1-2H3,(H,30,35)/t13-,20+,21-/m0/s1. The molecule has 0 spiro atoms. The minimum absolute atomic E-state index is 0.0784. The molecule has 0 unspecified atom stereocenters. The average Bonchev–Trinajstić information content (AvgIpc) is 3.41. The lowest BCUT2D eigenvalue weighted by Gasteiger charge is -2.17. The number of aromatic nitrogens is 4. The topological polar surface area (TPSA) is 140 Å². The molecule has 0 aliphatic heterocycles. The van der Waals surface area contributed by atoms with Crippen molar-refractivity contribution in [1.82, 2.24) is 19.7 Å². The summed E-state index contributed by atoms with van der Waals surface area (Å²) < 4.78 is 21.9. The first-order chi connectivity index (χ1) is 17.3. The van der Waals surface area contributed by atoms with Gasteiger partial charge in [-0.25, -0.2) is 9.37 Å². The maximum Gasteiger partial charge on any atom is 0.317 e. The molecule has 2 heterocycles. The molecule has 2 aromatic carbocycles. The van der Waals surface area contributed by atoms with Crippen molar-refractivity contribution in [3.05, 3.63) is 48.0 Å². The fraction of sp³-hybridized carbons (Fsp3) is 0.360. The number of halogens is 1. The number of anilines is 2. The zero-order valence-electron chi connectivity index (χ0n) is 20.0. The summed E-state index contributed by atoms with van der Waals surface area (Å²) in [5.41, 5.74) is 7.77. The Hall–Kier alpha value is -3.83. The summed E-state index contributed by atoms with van der Waals surface area (Å²) in [5, 5.41) is 21.4. The van der Waals surface area contributed by atoms with E-state index in [4.69, 9.17) is 10.5 Å². The molecule has 3 atom stereocenters. The van der Waals surface area contributed by atoms with Gasteiger partial charge in [0.1, 0.15) is 11.6 Å². The van der Waals surface area contributed by atoms with Gasteiger partial charge in [0.15, 0.2) is 5.82 Å². The maximum atomic E-state index is 14.5. The molecule has 0 saturated heterocycles. The monoisotopic (exact) mass is 493 g/mol. The van der Waals surface area contributed by atoms with Gasteiger partial charge in [0.05, 0.1) is 17.2 Å². The lowest BCUT2D eigenvalue weighted by Crippen LogP contribution is -2.26.